The van der Waals surface area contributed by atoms with Crippen LogP contribution in [0.15, 0.2) is 28.3 Å². The Morgan fingerprint density at radius 2 is 2.17 bits per heavy atom. The molecule has 3 rings (SSSR count). The second-order valence-corrected chi connectivity index (χ2v) is 9.33. The monoisotopic (exact) mass is 430 g/mol. The minimum Gasteiger partial charge on any atom is -0.394 e. The van der Waals surface area contributed by atoms with Gasteiger partial charge in [0.15, 0.2) is 16.6 Å². The zero-order valence-electron chi connectivity index (χ0n) is 16.3. The number of nitrogens with zero attached hydrogens (tertiary/aromatic N) is 4. The number of hydrogen-bond acceptors (Lipinski definition) is 9. The van der Waals surface area contributed by atoms with E-state index in [0.29, 0.717) is 32.8 Å². The molecule has 2 atom stereocenters. The van der Waals surface area contributed by atoms with Gasteiger partial charge in [-0.3, -0.25) is 14.8 Å². The van der Waals surface area contributed by atoms with Crippen LogP contribution in [0.3, 0.4) is 0 Å². The van der Waals surface area contributed by atoms with E-state index in [0.717, 1.165) is 23.5 Å². The van der Waals surface area contributed by atoms with Crippen molar-refractivity contribution in [3.05, 3.63) is 39.3 Å². The third kappa shape index (κ3) is 5.32. The summed E-state index contributed by atoms with van der Waals surface area (Å²) in [5, 5.41) is 22.5. The maximum atomic E-state index is 11.9. The van der Waals surface area contributed by atoms with Crippen molar-refractivity contribution in [3.8, 4) is 6.07 Å². The fourth-order valence-electron chi connectivity index (χ4n) is 2.88. The molecule has 0 amide bonds. The smallest absolute Gasteiger partial charge is 0.306 e. The minimum absolute atomic E-state index is 0.0350. The van der Waals surface area contributed by atoms with E-state index in [9.17, 15) is 9.90 Å². The number of thiazole rings is 1. The molecular formula is C19H22N6O2S2. The Hall–Kier alpha value is -2.48. The van der Waals surface area contributed by atoms with Gasteiger partial charge in [-0.2, -0.15) is 5.26 Å². The first-order valence-corrected chi connectivity index (χ1v) is 10.9. The van der Waals surface area contributed by atoms with Crippen molar-refractivity contribution in [1.29, 1.82) is 5.26 Å². The van der Waals surface area contributed by atoms with Crippen molar-refractivity contribution in [1.82, 2.24) is 19.9 Å². The average molecular weight is 431 g/mol. The maximum Gasteiger partial charge on any atom is 0.306 e. The number of hydrogen-bond donors (Lipinski definition) is 3. The van der Waals surface area contributed by atoms with Crippen LogP contribution in [0.5, 0.6) is 0 Å². The van der Waals surface area contributed by atoms with Crippen molar-refractivity contribution in [2.45, 2.75) is 43.6 Å². The van der Waals surface area contributed by atoms with E-state index < -0.39 is 0 Å². The van der Waals surface area contributed by atoms with Gasteiger partial charge in [0.25, 0.3) is 0 Å². The molecule has 0 aliphatic heterocycles. The zero-order valence-corrected chi connectivity index (χ0v) is 18.0. The van der Waals surface area contributed by atoms with E-state index >= 15 is 0 Å². The Morgan fingerprint density at radius 3 is 2.86 bits per heavy atom. The molecule has 3 N–H and O–H groups in total. The van der Waals surface area contributed by atoms with Crippen LogP contribution in [0.2, 0.25) is 0 Å². The first kappa shape index (κ1) is 21.2. The summed E-state index contributed by atoms with van der Waals surface area (Å²) < 4.78 is 0.638. The van der Waals surface area contributed by atoms with E-state index in [4.69, 9.17) is 5.26 Å². The fourth-order valence-corrected chi connectivity index (χ4v) is 4.46. The Morgan fingerprint density at radius 1 is 1.38 bits per heavy atom. The molecule has 0 bridgehead atoms. The van der Waals surface area contributed by atoms with Crippen LogP contribution in [0, 0.1) is 17.2 Å². The molecule has 0 saturated carbocycles. The molecule has 0 aromatic carbocycles. The first-order valence-electron chi connectivity index (χ1n) is 9.20. The number of fused-ring (bicyclic) bond motifs is 1. The van der Waals surface area contributed by atoms with Gasteiger partial charge >= 0.3 is 4.87 Å². The van der Waals surface area contributed by atoms with E-state index in [-0.39, 0.29) is 22.8 Å². The number of thioether (sulfide) groups is 1. The van der Waals surface area contributed by atoms with Crippen LogP contribution >= 0.6 is 23.1 Å². The summed E-state index contributed by atoms with van der Waals surface area (Å²) in [5.74, 6) is 0.931. The summed E-state index contributed by atoms with van der Waals surface area (Å²) >= 11 is 2.43. The van der Waals surface area contributed by atoms with Gasteiger partial charge < -0.3 is 10.4 Å². The second-order valence-electron chi connectivity index (χ2n) is 7.04. The Kier molecular flexibility index (Phi) is 6.84. The third-order valence-electron chi connectivity index (χ3n) is 4.19. The van der Waals surface area contributed by atoms with Crippen LogP contribution in [0.1, 0.15) is 43.7 Å². The van der Waals surface area contributed by atoms with Gasteiger partial charge in [-0.25, -0.2) is 9.97 Å². The van der Waals surface area contributed by atoms with Crippen molar-refractivity contribution in [2.24, 2.45) is 5.92 Å². The molecule has 1 unspecified atom stereocenters. The topological polar surface area (TPSA) is 128 Å². The highest BCUT2D eigenvalue weighted by Gasteiger charge is 2.19. The third-order valence-corrected chi connectivity index (χ3v) is 6.05. The summed E-state index contributed by atoms with van der Waals surface area (Å²) in [6.45, 7) is 6.09. The highest BCUT2D eigenvalue weighted by atomic mass is 32.2. The number of aliphatic hydroxyl groups excluding tert-OH is 1. The molecule has 29 heavy (non-hydrogen) atoms. The van der Waals surface area contributed by atoms with Crippen molar-refractivity contribution in [2.75, 3.05) is 11.9 Å². The van der Waals surface area contributed by atoms with Crippen LogP contribution < -0.4 is 10.2 Å². The van der Waals surface area contributed by atoms with Gasteiger partial charge in [0.2, 0.25) is 0 Å². The molecule has 0 fully saturated rings. The van der Waals surface area contributed by atoms with Gasteiger partial charge in [-0.1, -0.05) is 36.9 Å². The predicted octanol–water partition coefficient (Wildman–Crippen LogP) is 3.32. The summed E-state index contributed by atoms with van der Waals surface area (Å²) in [7, 11) is 0. The molecule has 10 heteroatoms. The van der Waals surface area contributed by atoms with Gasteiger partial charge in [0, 0.05) is 6.20 Å². The minimum atomic E-state index is -0.208. The first-order chi connectivity index (χ1) is 13.9. The number of rotatable bonds is 8. The molecule has 3 aromatic rings. The van der Waals surface area contributed by atoms with Gasteiger partial charge in [0.1, 0.15) is 4.70 Å². The van der Waals surface area contributed by atoms with Gasteiger partial charge in [-0.15, -0.1) is 0 Å². The molecule has 0 aliphatic carbocycles. The summed E-state index contributed by atoms with van der Waals surface area (Å²) in [6, 6.07) is 5.34. The summed E-state index contributed by atoms with van der Waals surface area (Å²) in [6.07, 6.45) is 2.38. The number of nitriles is 1. The largest absolute Gasteiger partial charge is 0.394 e. The van der Waals surface area contributed by atoms with E-state index in [1.165, 1.54) is 11.8 Å². The molecular weight excluding hydrogens is 408 g/mol. The number of aromatic nitrogens is 4. The Balaban J connectivity index is 1.92. The number of nitrogens with one attached hydrogen (secondary N) is 2. The maximum absolute atomic E-state index is 11.9. The molecule has 0 spiro atoms. The normalized spacial score (nSPS) is 13.4. The molecule has 0 aliphatic rings. The van der Waals surface area contributed by atoms with Crippen molar-refractivity contribution in [3.63, 3.8) is 0 Å². The number of anilines is 1. The van der Waals surface area contributed by atoms with Crippen molar-refractivity contribution >= 4 is 39.3 Å². The van der Waals surface area contributed by atoms with Crippen molar-refractivity contribution < 1.29 is 5.11 Å². The Bertz CT molecular complexity index is 1090. The summed E-state index contributed by atoms with van der Waals surface area (Å²) in [5.41, 5.74) is 1.76. The standard InChI is InChI=1S/C19H22N6O2S2/c1-10(2)6-13(9-26)22-16-15-17(25-19(27)29-15)24-18(23-16)28-11(3)14-7-12(8-20)4-5-21-14/h4-5,7,10-11,13,26H,6,9H2,1-3H3,(H2,22,23,24,25,27)/t11?,13-/m0/s1. The lowest BCUT2D eigenvalue weighted by atomic mass is 10.0. The van der Waals surface area contributed by atoms with E-state index in [1.807, 2.05) is 6.92 Å². The number of pyridine rings is 1. The highest BCUT2D eigenvalue weighted by molar-refractivity contribution is 7.99. The SMILES string of the molecule is CC(C)C[C@@H](CO)Nc1nc(SC(C)c2cc(C#N)ccn2)nc2[nH]c(=O)sc12. The summed E-state index contributed by atoms with van der Waals surface area (Å²) in [4.78, 5) is 27.8. The lowest BCUT2D eigenvalue weighted by Gasteiger charge is -2.19. The van der Waals surface area contributed by atoms with Crippen LogP contribution in [0.25, 0.3) is 10.3 Å². The highest BCUT2D eigenvalue weighted by Crippen LogP contribution is 2.34. The molecule has 0 saturated heterocycles. The van der Waals surface area contributed by atoms with Crippen LogP contribution in [0.4, 0.5) is 5.82 Å². The van der Waals surface area contributed by atoms with Gasteiger partial charge in [-0.05, 0) is 31.4 Å². The van der Waals surface area contributed by atoms with Gasteiger partial charge in [0.05, 0.1) is 35.2 Å². The molecule has 152 valence electrons. The zero-order chi connectivity index (χ0) is 21.0. The van der Waals surface area contributed by atoms with Crippen LogP contribution in [-0.2, 0) is 0 Å². The molecule has 0 radical (unpaired) electrons. The second kappa shape index (κ2) is 9.35. The molecule has 3 aromatic heterocycles. The number of aliphatic hydroxyl groups is 1. The fraction of sp³-hybridized carbons (Fsp3) is 0.421. The lowest BCUT2D eigenvalue weighted by molar-refractivity contribution is 0.259. The number of H-pyrrole nitrogens is 1. The number of aromatic amines is 1. The lowest BCUT2D eigenvalue weighted by Crippen LogP contribution is -2.26. The molecule has 3 heterocycles. The average Bonchev–Trinajstić information content (AvgIpc) is 3.07. The van der Waals surface area contributed by atoms with E-state index in [2.05, 4.69) is 45.2 Å². The van der Waals surface area contributed by atoms with E-state index in [1.54, 1.807) is 18.3 Å². The quantitative estimate of drug-likeness (QED) is 0.367. The molecule has 8 nitrogen and oxygen atoms in total. The predicted molar refractivity (Wildman–Crippen MR) is 115 cm³/mol. The van der Waals surface area contributed by atoms with Crippen LogP contribution in [-0.4, -0.2) is 37.7 Å². The Labute approximate surface area is 176 Å².